The van der Waals surface area contributed by atoms with E-state index in [1.807, 2.05) is 61.0 Å². The molecular weight excluding hydrogens is 396 g/mol. The third-order valence-corrected chi connectivity index (χ3v) is 6.00. The van der Waals surface area contributed by atoms with Crippen LogP contribution in [0.4, 0.5) is 11.4 Å². The molecule has 1 aliphatic heterocycles. The maximum absolute atomic E-state index is 13.1. The number of imidazole rings is 1. The van der Waals surface area contributed by atoms with Crippen LogP contribution >= 0.6 is 23.4 Å². The number of carbonyl (C=O) groups excluding carboxylic acids is 2. The normalized spacial score (nSPS) is 16.6. The van der Waals surface area contributed by atoms with Crippen LogP contribution in [-0.4, -0.2) is 33.2 Å². The molecule has 0 saturated carbocycles. The first-order chi connectivity index (χ1) is 13.4. The van der Waals surface area contributed by atoms with E-state index in [1.54, 1.807) is 4.90 Å². The van der Waals surface area contributed by atoms with Crippen LogP contribution in [0.15, 0.2) is 47.6 Å². The Balaban J connectivity index is 1.58. The van der Waals surface area contributed by atoms with Crippen molar-refractivity contribution in [2.24, 2.45) is 7.05 Å². The molecule has 3 aromatic rings. The van der Waals surface area contributed by atoms with E-state index in [4.69, 9.17) is 11.6 Å². The molecular formula is C20H19ClN4O2S. The Morgan fingerprint density at radius 1 is 1.32 bits per heavy atom. The maximum atomic E-state index is 13.1. The number of amides is 2. The second-order valence-electron chi connectivity index (χ2n) is 6.76. The molecule has 2 heterocycles. The zero-order valence-corrected chi connectivity index (χ0v) is 17.0. The fourth-order valence-electron chi connectivity index (χ4n) is 3.44. The highest BCUT2D eigenvalue weighted by Crippen LogP contribution is 2.32. The largest absolute Gasteiger partial charge is 0.324 e. The zero-order valence-electron chi connectivity index (χ0n) is 15.5. The summed E-state index contributed by atoms with van der Waals surface area (Å²) < 4.78 is 1.95. The number of aromatic nitrogens is 2. The zero-order chi connectivity index (χ0) is 19.8. The highest BCUT2D eigenvalue weighted by atomic mass is 35.5. The summed E-state index contributed by atoms with van der Waals surface area (Å²) in [6.07, 6.45) is 0.260. The van der Waals surface area contributed by atoms with Gasteiger partial charge in [-0.2, -0.15) is 0 Å². The van der Waals surface area contributed by atoms with Crippen molar-refractivity contribution in [1.29, 1.82) is 0 Å². The predicted octanol–water partition coefficient (Wildman–Crippen LogP) is 4.08. The Labute approximate surface area is 171 Å². The molecule has 28 heavy (non-hydrogen) atoms. The Kier molecular flexibility index (Phi) is 5.03. The van der Waals surface area contributed by atoms with Crippen molar-refractivity contribution in [3.05, 3.63) is 47.5 Å². The first-order valence-electron chi connectivity index (χ1n) is 8.90. The van der Waals surface area contributed by atoms with E-state index in [-0.39, 0.29) is 30.0 Å². The average Bonchev–Trinajstić information content (AvgIpc) is 2.88. The molecule has 2 amide bonds. The third kappa shape index (κ3) is 3.47. The number of hydrogen-bond donors (Lipinski definition) is 1. The monoisotopic (exact) mass is 414 g/mol. The van der Waals surface area contributed by atoms with Crippen LogP contribution in [0.25, 0.3) is 11.0 Å². The number of benzene rings is 2. The van der Waals surface area contributed by atoms with E-state index in [2.05, 4.69) is 10.3 Å². The molecule has 1 N–H and O–H groups in total. The van der Waals surface area contributed by atoms with Crippen molar-refractivity contribution in [3.8, 4) is 0 Å². The maximum Gasteiger partial charge on any atom is 0.237 e. The molecule has 4 rings (SSSR count). The fraction of sp³-hybridized carbons (Fsp3) is 0.250. The summed E-state index contributed by atoms with van der Waals surface area (Å²) >= 11 is 7.43. The molecule has 1 aliphatic rings. The van der Waals surface area contributed by atoms with E-state index in [0.717, 1.165) is 21.9 Å². The van der Waals surface area contributed by atoms with Gasteiger partial charge in [-0.15, -0.1) is 0 Å². The number of carbonyl (C=O) groups is 2. The van der Waals surface area contributed by atoms with Gasteiger partial charge in [-0.25, -0.2) is 4.98 Å². The van der Waals surface area contributed by atoms with Gasteiger partial charge in [0.25, 0.3) is 0 Å². The second kappa shape index (κ2) is 7.48. The van der Waals surface area contributed by atoms with E-state index < -0.39 is 0 Å². The number of rotatable bonds is 3. The first-order valence-corrected chi connectivity index (χ1v) is 10.3. The summed E-state index contributed by atoms with van der Waals surface area (Å²) in [5, 5.41) is 4.25. The smallest absolute Gasteiger partial charge is 0.237 e. The van der Waals surface area contributed by atoms with Gasteiger partial charge in [0.2, 0.25) is 11.8 Å². The van der Waals surface area contributed by atoms with Gasteiger partial charge in [-0.1, -0.05) is 35.5 Å². The van der Waals surface area contributed by atoms with E-state index in [9.17, 15) is 9.59 Å². The topological polar surface area (TPSA) is 67.2 Å². The predicted molar refractivity (Wildman–Crippen MR) is 113 cm³/mol. The van der Waals surface area contributed by atoms with Crippen molar-refractivity contribution in [1.82, 2.24) is 9.55 Å². The quantitative estimate of drug-likeness (QED) is 0.655. The molecule has 2 aromatic carbocycles. The number of halogens is 1. The molecule has 1 atom stereocenters. The standard InChI is InChI=1S/C20H19ClN4O2S/c1-12-9-18(26)22-14-5-3-4-6-17(14)25(12)19(27)11-28-20-23-15-10-13(21)7-8-16(15)24(20)2/h3-8,10,12H,9,11H2,1-2H3,(H,22,26)/t12-/m0/s1. The van der Waals surface area contributed by atoms with Gasteiger partial charge in [0.15, 0.2) is 5.16 Å². The lowest BCUT2D eigenvalue weighted by Crippen LogP contribution is -2.40. The van der Waals surface area contributed by atoms with Crippen molar-refractivity contribution < 1.29 is 9.59 Å². The van der Waals surface area contributed by atoms with Gasteiger partial charge in [0.1, 0.15) is 0 Å². The summed E-state index contributed by atoms with van der Waals surface area (Å²) in [5.41, 5.74) is 3.15. The molecule has 0 fully saturated rings. The molecule has 0 aliphatic carbocycles. The molecule has 0 unspecified atom stereocenters. The van der Waals surface area contributed by atoms with Crippen LogP contribution in [0.2, 0.25) is 5.02 Å². The van der Waals surface area contributed by atoms with Crippen LogP contribution in [0.1, 0.15) is 13.3 Å². The Morgan fingerprint density at radius 2 is 2.11 bits per heavy atom. The number of thioether (sulfide) groups is 1. The Morgan fingerprint density at radius 3 is 2.93 bits per heavy atom. The highest BCUT2D eigenvalue weighted by molar-refractivity contribution is 7.99. The van der Waals surface area contributed by atoms with Gasteiger partial charge in [-0.05, 0) is 37.3 Å². The second-order valence-corrected chi connectivity index (χ2v) is 8.14. The van der Waals surface area contributed by atoms with Gasteiger partial charge in [0, 0.05) is 24.5 Å². The van der Waals surface area contributed by atoms with Gasteiger partial charge >= 0.3 is 0 Å². The highest BCUT2D eigenvalue weighted by Gasteiger charge is 2.29. The van der Waals surface area contributed by atoms with Crippen molar-refractivity contribution in [2.75, 3.05) is 16.0 Å². The molecule has 144 valence electrons. The third-order valence-electron chi connectivity index (χ3n) is 4.75. The van der Waals surface area contributed by atoms with Gasteiger partial charge in [0.05, 0.1) is 28.2 Å². The minimum atomic E-state index is -0.226. The minimum absolute atomic E-state index is 0.0634. The average molecular weight is 415 g/mol. The summed E-state index contributed by atoms with van der Waals surface area (Å²) in [5.74, 6) is 0.0688. The first kappa shape index (κ1) is 18.8. The fourth-order valence-corrected chi connectivity index (χ4v) is 4.46. The minimum Gasteiger partial charge on any atom is -0.324 e. The van der Waals surface area contributed by atoms with E-state index in [1.165, 1.54) is 11.8 Å². The number of anilines is 2. The number of nitrogens with zero attached hydrogens (tertiary/aromatic N) is 3. The van der Waals surface area contributed by atoms with Crippen LogP contribution in [-0.2, 0) is 16.6 Å². The van der Waals surface area contributed by atoms with Crippen LogP contribution < -0.4 is 10.2 Å². The van der Waals surface area contributed by atoms with Gasteiger partial charge < -0.3 is 14.8 Å². The van der Waals surface area contributed by atoms with Crippen molar-refractivity contribution >= 4 is 57.6 Å². The van der Waals surface area contributed by atoms with Gasteiger partial charge in [-0.3, -0.25) is 9.59 Å². The number of aryl methyl sites for hydroxylation is 1. The summed E-state index contributed by atoms with van der Waals surface area (Å²) in [6, 6.07) is 12.7. The van der Waals surface area contributed by atoms with E-state index >= 15 is 0 Å². The van der Waals surface area contributed by atoms with Crippen molar-refractivity contribution in [2.45, 2.75) is 24.5 Å². The number of nitrogens with one attached hydrogen (secondary N) is 1. The van der Waals surface area contributed by atoms with Crippen LogP contribution in [0.3, 0.4) is 0 Å². The molecule has 0 radical (unpaired) electrons. The molecule has 0 saturated heterocycles. The number of hydrogen-bond acceptors (Lipinski definition) is 4. The molecule has 8 heteroatoms. The Bertz CT molecular complexity index is 1080. The number of fused-ring (bicyclic) bond motifs is 2. The van der Waals surface area contributed by atoms with Crippen molar-refractivity contribution in [3.63, 3.8) is 0 Å². The lowest BCUT2D eigenvalue weighted by molar-refractivity contribution is -0.117. The lowest BCUT2D eigenvalue weighted by Gasteiger charge is -2.27. The van der Waals surface area contributed by atoms with Crippen LogP contribution in [0.5, 0.6) is 0 Å². The summed E-state index contributed by atoms with van der Waals surface area (Å²) in [7, 11) is 1.92. The number of para-hydroxylation sites is 2. The Hall–Kier alpha value is -2.51. The van der Waals surface area contributed by atoms with E-state index in [0.29, 0.717) is 10.7 Å². The molecule has 0 spiro atoms. The van der Waals surface area contributed by atoms with Crippen LogP contribution in [0, 0.1) is 0 Å². The SMILES string of the molecule is C[C@H]1CC(=O)Nc2ccccc2N1C(=O)CSc1nc2cc(Cl)ccc2n1C. The molecule has 0 bridgehead atoms. The summed E-state index contributed by atoms with van der Waals surface area (Å²) in [6.45, 7) is 1.89. The molecule has 6 nitrogen and oxygen atoms in total. The summed E-state index contributed by atoms with van der Waals surface area (Å²) in [4.78, 5) is 31.5. The lowest BCUT2D eigenvalue weighted by atomic mass is 10.2. The molecule has 1 aromatic heterocycles.